The molecule has 0 spiro atoms. The predicted octanol–water partition coefficient (Wildman–Crippen LogP) is 2.50. The van der Waals surface area contributed by atoms with Crippen molar-refractivity contribution < 1.29 is 4.74 Å². The van der Waals surface area contributed by atoms with Gasteiger partial charge in [-0.05, 0) is 29.7 Å². The van der Waals surface area contributed by atoms with E-state index >= 15 is 0 Å². The van der Waals surface area contributed by atoms with E-state index in [1.807, 2.05) is 0 Å². The Labute approximate surface area is 101 Å². The maximum Gasteiger partial charge on any atom is 0.0992 e. The van der Waals surface area contributed by atoms with E-state index in [4.69, 9.17) is 10.5 Å². The molecule has 2 heteroatoms. The number of rotatable bonds is 3. The smallest absolute Gasteiger partial charge is 0.0992 e. The van der Waals surface area contributed by atoms with Crippen molar-refractivity contribution in [3.8, 4) is 0 Å². The van der Waals surface area contributed by atoms with Crippen LogP contribution in [0.5, 0.6) is 0 Å². The first-order valence-corrected chi connectivity index (χ1v) is 6.13. The summed E-state index contributed by atoms with van der Waals surface area (Å²) in [6, 6.07) is 15.1. The average molecular weight is 227 g/mol. The highest BCUT2D eigenvalue weighted by molar-refractivity contribution is 5.82. The lowest BCUT2D eigenvalue weighted by Crippen LogP contribution is -2.30. The second-order valence-corrected chi connectivity index (χ2v) is 4.86. The molecule has 1 aliphatic heterocycles. The molecule has 3 atom stereocenters. The van der Waals surface area contributed by atoms with Crippen molar-refractivity contribution in [1.82, 2.24) is 0 Å². The number of hydrogen-bond acceptors (Lipinski definition) is 2. The maximum atomic E-state index is 6.12. The van der Waals surface area contributed by atoms with Gasteiger partial charge in [-0.1, -0.05) is 42.5 Å². The van der Waals surface area contributed by atoms with Gasteiger partial charge in [-0.2, -0.15) is 0 Å². The Hall–Kier alpha value is -1.38. The van der Waals surface area contributed by atoms with Crippen molar-refractivity contribution in [3.63, 3.8) is 0 Å². The van der Waals surface area contributed by atoms with Gasteiger partial charge in [0, 0.05) is 6.04 Å². The Morgan fingerprint density at radius 1 is 1.18 bits per heavy atom. The minimum atomic E-state index is 0.117. The number of nitrogens with two attached hydrogens (primary N) is 1. The molecule has 0 radical (unpaired) electrons. The summed E-state index contributed by atoms with van der Waals surface area (Å²) in [5, 5.41) is 2.56. The Morgan fingerprint density at radius 3 is 2.59 bits per heavy atom. The zero-order chi connectivity index (χ0) is 11.8. The number of epoxide rings is 1. The molecule has 88 valence electrons. The molecule has 1 aliphatic rings. The van der Waals surface area contributed by atoms with Crippen LogP contribution in [-0.4, -0.2) is 18.2 Å². The lowest BCUT2D eigenvalue weighted by atomic mass is 10.00. The number of ether oxygens (including phenoxy) is 1. The Bertz CT molecular complexity index is 537. The Morgan fingerprint density at radius 2 is 1.88 bits per heavy atom. The topological polar surface area (TPSA) is 38.5 Å². The van der Waals surface area contributed by atoms with Crippen LogP contribution in [0.2, 0.25) is 0 Å². The van der Waals surface area contributed by atoms with E-state index in [1.165, 1.54) is 16.3 Å². The van der Waals surface area contributed by atoms with Gasteiger partial charge in [0.15, 0.2) is 0 Å². The van der Waals surface area contributed by atoms with Gasteiger partial charge in [0.2, 0.25) is 0 Å². The highest BCUT2D eigenvalue weighted by atomic mass is 16.6. The minimum absolute atomic E-state index is 0.117. The zero-order valence-electron chi connectivity index (χ0n) is 9.97. The van der Waals surface area contributed by atoms with Crippen LogP contribution in [0.4, 0.5) is 0 Å². The second-order valence-electron chi connectivity index (χ2n) is 4.86. The van der Waals surface area contributed by atoms with Gasteiger partial charge >= 0.3 is 0 Å². The summed E-state index contributed by atoms with van der Waals surface area (Å²) >= 11 is 0. The van der Waals surface area contributed by atoms with Crippen LogP contribution in [-0.2, 0) is 11.2 Å². The van der Waals surface area contributed by atoms with E-state index in [1.54, 1.807) is 0 Å². The van der Waals surface area contributed by atoms with Gasteiger partial charge in [-0.3, -0.25) is 0 Å². The maximum absolute atomic E-state index is 6.12. The van der Waals surface area contributed by atoms with E-state index in [9.17, 15) is 0 Å². The van der Waals surface area contributed by atoms with Gasteiger partial charge in [-0.15, -0.1) is 0 Å². The summed E-state index contributed by atoms with van der Waals surface area (Å²) < 4.78 is 5.41. The van der Waals surface area contributed by atoms with Gasteiger partial charge in [-0.25, -0.2) is 0 Å². The van der Waals surface area contributed by atoms with E-state index in [0.29, 0.717) is 6.10 Å². The molecule has 0 saturated carbocycles. The Balaban J connectivity index is 1.81. The predicted molar refractivity (Wildman–Crippen MR) is 70.0 cm³/mol. The summed E-state index contributed by atoms with van der Waals surface area (Å²) in [7, 11) is 0. The molecule has 1 fully saturated rings. The van der Waals surface area contributed by atoms with Crippen LogP contribution in [0.3, 0.4) is 0 Å². The summed E-state index contributed by atoms with van der Waals surface area (Å²) in [5.41, 5.74) is 7.41. The van der Waals surface area contributed by atoms with E-state index in [0.717, 1.165) is 6.42 Å². The molecular formula is C15H17NO. The number of fused-ring (bicyclic) bond motifs is 1. The molecule has 0 amide bonds. The fourth-order valence-electron chi connectivity index (χ4n) is 2.41. The van der Waals surface area contributed by atoms with Gasteiger partial charge in [0.05, 0.1) is 12.2 Å². The van der Waals surface area contributed by atoms with Crippen molar-refractivity contribution in [3.05, 3.63) is 48.0 Å². The van der Waals surface area contributed by atoms with Crippen LogP contribution in [0.15, 0.2) is 42.5 Å². The molecule has 3 unspecified atom stereocenters. The SMILES string of the molecule is CC1OC1C(N)Cc1ccc2ccccc2c1. The molecule has 1 saturated heterocycles. The summed E-state index contributed by atoms with van der Waals surface area (Å²) in [6.45, 7) is 2.07. The Kier molecular flexibility index (Phi) is 2.61. The third-order valence-electron chi connectivity index (χ3n) is 3.47. The molecule has 2 nitrogen and oxygen atoms in total. The van der Waals surface area contributed by atoms with Gasteiger partial charge in [0.1, 0.15) is 0 Å². The van der Waals surface area contributed by atoms with Crippen molar-refractivity contribution in [2.45, 2.75) is 31.6 Å². The zero-order valence-corrected chi connectivity index (χ0v) is 9.97. The van der Waals surface area contributed by atoms with E-state index < -0.39 is 0 Å². The minimum Gasteiger partial charge on any atom is -0.368 e. The third kappa shape index (κ3) is 2.19. The summed E-state index contributed by atoms with van der Waals surface area (Å²) in [6.07, 6.45) is 1.48. The quantitative estimate of drug-likeness (QED) is 0.818. The molecule has 2 N–H and O–H groups in total. The van der Waals surface area contributed by atoms with E-state index in [2.05, 4.69) is 49.4 Å². The molecule has 0 aliphatic carbocycles. The monoisotopic (exact) mass is 227 g/mol. The molecular weight excluding hydrogens is 210 g/mol. The number of benzene rings is 2. The van der Waals surface area contributed by atoms with E-state index in [-0.39, 0.29) is 12.1 Å². The lowest BCUT2D eigenvalue weighted by Gasteiger charge is -2.09. The first kappa shape index (κ1) is 10.8. The third-order valence-corrected chi connectivity index (χ3v) is 3.47. The van der Waals surface area contributed by atoms with Crippen molar-refractivity contribution >= 4 is 10.8 Å². The molecule has 0 aromatic heterocycles. The molecule has 17 heavy (non-hydrogen) atoms. The van der Waals surface area contributed by atoms with Crippen molar-refractivity contribution in [2.24, 2.45) is 5.73 Å². The standard InChI is InChI=1S/C15H17NO/c1-10-15(17-10)14(16)9-11-6-7-12-4-2-3-5-13(12)8-11/h2-8,10,14-15H,9,16H2,1H3. The number of hydrogen-bond donors (Lipinski definition) is 1. The van der Waals surface area contributed by atoms with Crippen LogP contribution in [0.1, 0.15) is 12.5 Å². The second kappa shape index (κ2) is 4.13. The highest BCUT2D eigenvalue weighted by Crippen LogP contribution is 2.26. The normalized spacial score (nSPS) is 24.8. The van der Waals surface area contributed by atoms with Crippen molar-refractivity contribution in [1.29, 1.82) is 0 Å². The van der Waals surface area contributed by atoms with Crippen LogP contribution in [0.25, 0.3) is 10.8 Å². The highest BCUT2D eigenvalue weighted by Gasteiger charge is 2.39. The van der Waals surface area contributed by atoms with Gasteiger partial charge < -0.3 is 10.5 Å². The molecule has 3 rings (SSSR count). The van der Waals surface area contributed by atoms with Crippen LogP contribution >= 0.6 is 0 Å². The van der Waals surface area contributed by atoms with Crippen LogP contribution < -0.4 is 5.73 Å². The first-order chi connectivity index (χ1) is 8.24. The first-order valence-electron chi connectivity index (χ1n) is 6.13. The molecule has 2 aromatic rings. The molecule has 2 aromatic carbocycles. The molecule has 1 heterocycles. The fraction of sp³-hybridized carbons (Fsp3) is 0.333. The summed E-state index contributed by atoms with van der Waals surface area (Å²) in [4.78, 5) is 0. The average Bonchev–Trinajstić information content (AvgIpc) is 3.06. The largest absolute Gasteiger partial charge is 0.368 e. The lowest BCUT2D eigenvalue weighted by molar-refractivity contribution is 0.352. The fourth-order valence-corrected chi connectivity index (χ4v) is 2.41. The molecule has 0 bridgehead atoms. The van der Waals surface area contributed by atoms with Gasteiger partial charge in [0.25, 0.3) is 0 Å². The van der Waals surface area contributed by atoms with Crippen molar-refractivity contribution in [2.75, 3.05) is 0 Å². The summed E-state index contributed by atoms with van der Waals surface area (Å²) in [5.74, 6) is 0. The van der Waals surface area contributed by atoms with Crippen LogP contribution in [0, 0.1) is 0 Å².